The molecular weight excluding hydrogens is 532 g/mol. The number of hydrogen-bond acceptors (Lipinski definition) is 7. The number of benzene rings is 2. The molecule has 0 aliphatic rings. The minimum atomic E-state index is -0.438. The van der Waals surface area contributed by atoms with Crippen LogP contribution < -0.4 is 16.0 Å². The summed E-state index contributed by atoms with van der Waals surface area (Å²) in [5.41, 5.74) is 6.02. The number of fused-ring (bicyclic) bond motifs is 1. The van der Waals surface area contributed by atoms with E-state index >= 15 is 0 Å². The zero-order valence-electron chi connectivity index (χ0n) is 16.0. The van der Waals surface area contributed by atoms with E-state index in [-0.39, 0.29) is 0 Å². The number of hydrogen-bond donors (Lipinski definition) is 1. The lowest BCUT2D eigenvalue weighted by atomic mass is 10.1. The maximum Gasteiger partial charge on any atom is 0.345 e. The Balaban J connectivity index is 1.54. The van der Waals surface area contributed by atoms with Crippen molar-refractivity contribution in [1.29, 1.82) is 0 Å². The molecule has 0 fully saturated rings. The molecule has 2 aromatic heterocycles. The molecule has 0 aliphatic heterocycles. The quantitative estimate of drug-likeness (QED) is 0.190. The Labute approximate surface area is 193 Å². The molecule has 0 atom stereocenters. The summed E-state index contributed by atoms with van der Waals surface area (Å²) in [4.78, 5) is 19.0. The molecule has 152 valence electrons. The molecule has 2 aromatic carbocycles. The summed E-state index contributed by atoms with van der Waals surface area (Å²) in [6.07, 6.45) is 1.72. The number of aromatic nitrogens is 1. The van der Waals surface area contributed by atoms with E-state index in [1.807, 2.05) is 55.4 Å². The molecule has 0 spiro atoms. The molecule has 4 aromatic rings. The highest BCUT2D eigenvalue weighted by atomic mass is 79.9. The van der Waals surface area contributed by atoms with Crippen LogP contribution in [0, 0.1) is 0 Å². The fourth-order valence-corrected chi connectivity index (χ4v) is 4.80. The van der Waals surface area contributed by atoms with E-state index in [4.69, 9.17) is 4.42 Å². The fraction of sp³-hybridized carbons (Fsp3) is 0.0952. The van der Waals surface area contributed by atoms with Crippen LogP contribution >= 0.6 is 43.2 Å². The van der Waals surface area contributed by atoms with E-state index < -0.39 is 5.63 Å². The van der Waals surface area contributed by atoms with Gasteiger partial charge in [-0.05, 0) is 51.8 Å². The van der Waals surface area contributed by atoms with E-state index in [1.54, 1.807) is 17.7 Å². The van der Waals surface area contributed by atoms with Gasteiger partial charge in [-0.3, -0.25) is 5.43 Å². The Morgan fingerprint density at radius 1 is 1.17 bits per heavy atom. The maximum absolute atomic E-state index is 12.5. The van der Waals surface area contributed by atoms with Crippen LogP contribution in [0.3, 0.4) is 0 Å². The molecule has 0 saturated heterocycles. The number of rotatable bonds is 5. The van der Waals surface area contributed by atoms with E-state index in [0.717, 1.165) is 21.1 Å². The maximum atomic E-state index is 12.5. The predicted molar refractivity (Wildman–Crippen MR) is 131 cm³/mol. The highest BCUT2D eigenvalue weighted by molar-refractivity contribution is 9.11. The Kier molecular flexibility index (Phi) is 6.03. The second-order valence-corrected chi connectivity index (χ2v) is 9.28. The van der Waals surface area contributed by atoms with Gasteiger partial charge in [0.1, 0.15) is 0 Å². The lowest BCUT2D eigenvalue weighted by molar-refractivity contribution is 0.561. The molecule has 6 nitrogen and oxygen atoms in total. The highest BCUT2D eigenvalue weighted by Crippen LogP contribution is 2.31. The smallest absolute Gasteiger partial charge is 0.345 e. The van der Waals surface area contributed by atoms with Crippen LogP contribution in [0.5, 0.6) is 0 Å². The van der Waals surface area contributed by atoms with Crippen molar-refractivity contribution in [2.75, 3.05) is 24.4 Å². The summed E-state index contributed by atoms with van der Waals surface area (Å²) in [5.74, 6) is 0. The van der Waals surface area contributed by atoms with E-state index in [2.05, 4.69) is 47.4 Å². The van der Waals surface area contributed by atoms with E-state index in [9.17, 15) is 4.79 Å². The molecule has 0 radical (unpaired) electrons. The van der Waals surface area contributed by atoms with Gasteiger partial charge in [0.05, 0.1) is 21.9 Å². The van der Waals surface area contributed by atoms with Gasteiger partial charge in [-0.15, -0.1) is 11.3 Å². The van der Waals surface area contributed by atoms with Gasteiger partial charge in [0.15, 0.2) is 5.58 Å². The number of anilines is 2. The Morgan fingerprint density at radius 2 is 1.93 bits per heavy atom. The molecule has 0 bridgehead atoms. The summed E-state index contributed by atoms with van der Waals surface area (Å²) in [6.45, 7) is 0. The van der Waals surface area contributed by atoms with Gasteiger partial charge in [-0.2, -0.15) is 5.10 Å². The van der Waals surface area contributed by atoms with Crippen molar-refractivity contribution in [1.82, 2.24) is 4.98 Å². The topological polar surface area (TPSA) is 70.7 Å². The lowest BCUT2D eigenvalue weighted by Gasteiger charge is -2.11. The number of nitrogens with zero attached hydrogens (tertiary/aromatic N) is 3. The second-order valence-electron chi connectivity index (χ2n) is 6.65. The van der Waals surface area contributed by atoms with Crippen LogP contribution in [0.1, 0.15) is 5.56 Å². The Bertz CT molecular complexity index is 1300. The first-order chi connectivity index (χ1) is 14.4. The SMILES string of the molecule is CN(C)c1ccc(C=NNc2nc(-c3cc4cc(Br)cc(Br)c4oc3=O)cs2)cc1. The van der Waals surface area contributed by atoms with Gasteiger partial charge in [0, 0.05) is 35.0 Å². The molecule has 0 amide bonds. The first-order valence-corrected chi connectivity index (χ1v) is 11.3. The first-order valence-electron chi connectivity index (χ1n) is 8.86. The molecule has 0 unspecified atom stereocenters. The van der Waals surface area contributed by atoms with Crippen LogP contribution in [0.2, 0.25) is 0 Å². The average Bonchev–Trinajstić information content (AvgIpc) is 3.17. The molecule has 0 aliphatic carbocycles. The van der Waals surface area contributed by atoms with Crippen LogP contribution in [0.25, 0.3) is 22.2 Å². The third kappa shape index (κ3) is 4.48. The third-order valence-electron chi connectivity index (χ3n) is 4.32. The molecular formula is C21H16Br2N4O2S. The van der Waals surface area contributed by atoms with Crippen LogP contribution in [-0.2, 0) is 0 Å². The lowest BCUT2D eigenvalue weighted by Crippen LogP contribution is -2.08. The zero-order chi connectivity index (χ0) is 21.3. The van der Waals surface area contributed by atoms with Crippen LogP contribution in [-0.4, -0.2) is 25.3 Å². The average molecular weight is 548 g/mol. The number of thiazole rings is 1. The Hall–Kier alpha value is -2.49. The van der Waals surface area contributed by atoms with Gasteiger partial charge in [-0.1, -0.05) is 28.1 Å². The first kappa shape index (κ1) is 20.8. The predicted octanol–water partition coefficient (Wildman–Crippen LogP) is 5.95. The van der Waals surface area contributed by atoms with Gasteiger partial charge in [0.25, 0.3) is 0 Å². The van der Waals surface area contributed by atoms with Crippen molar-refractivity contribution in [3.05, 3.63) is 72.8 Å². The van der Waals surface area contributed by atoms with Crippen molar-refractivity contribution < 1.29 is 4.42 Å². The monoisotopic (exact) mass is 546 g/mol. The van der Waals surface area contributed by atoms with Crippen molar-refractivity contribution in [3.8, 4) is 11.3 Å². The number of nitrogens with one attached hydrogen (secondary N) is 1. The number of halogens is 2. The Morgan fingerprint density at radius 3 is 2.67 bits per heavy atom. The normalized spacial score (nSPS) is 11.3. The van der Waals surface area contributed by atoms with Crippen LogP contribution in [0.15, 0.2) is 71.1 Å². The van der Waals surface area contributed by atoms with Gasteiger partial charge >= 0.3 is 5.63 Å². The molecule has 0 saturated carbocycles. The molecule has 9 heteroatoms. The minimum Gasteiger partial charge on any atom is -0.421 e. The minimum absolute atomic E-state index is 0.403. The summed E-state index contributed by atoms with van der Waals surface area (Å²) in [5, 5.41) is 7.42. The summed E-state index contributed by atoms with van der Waals surface area (Å²) >= 11 is 8.24. The molecule has 4 rings (SSSR count). The number of hydrazone groups is 1. The van der Waals surface area contributed by atoms with E-state index in [1.165, 1.54) is 11.3 Å². The van der Waals surface area contributed by atoms with Crippen molar-refractivity contribution in [3.63, 3.8) is 0 Å². The summed E-state index contributed by atoms with van der Waals surface area (Å²) in [7, 11) is 4.00. The fourth-order valence-electron chi connectivity index (χ4n) is 2.81. The molecule has 30 heavy (non-hydrogen) atoms. The van der Waals surface area contributed by atoms with Crippen LogP contribution in [0.4, 0.5) is 10.8 Å². The summed E-state index contributed by atoms with van der Waals surface area (Å²) in [6, 6.07) is 13.5. The third-order valence-corrected chi connectivity index (χ3v) is 6.11. The standard InChI is InChI=1S/C21H16Br2N4O2S/c1-27(2)15-5-3-12(4-6-15)10-24-26-21-25-18(11-30-21)16-8-13-7-14(22)9-17(23)19(13)29-20(16)28/h3-11H,1-2H3,(H,25,26). The zero-order valence-corrected chi connectivity index (χ0v) is 20.0. The van der Waals surface area contributed by atoms with Crippen molar-refractivity contribution in [2.45, 2.75) is 0 Å². The van der Waals surface area contributed by atoms with E-state index in [0.29, 0.717) is 26.4 Å². The van der Waals surface area contributed by atoms with Crippen molar-refractivity contribution in [2.24, 2.45) is 5.10 Å². The molecule has 1 N–H and O–H groups in total. The van der Waals surface area contributed by atoms with Crippen molar-refractivity contribution >= 4 is 71.2 Å². The highest BCUT2D eigenvalue weighted by Gasteiger charge is 2.13. The largest absolute Gasteiger partial charge is 0.421 e. The second kappa shape index (κ2) is 8.71. The van der Waals surface area contributed by atoms with Gasteiger partial charge in [-0.25, -0.2) is 9.78 Å². The molecule has 2 heterocycles. The van der Waals surface area contributed by atoms with Gasteiger partial charge < -0.3 is 9.32 Å². The summed E-state index contributed by atoms with van der Waals surface area (Å²) < 4.78 is 7.09. The van der Waals surface area contributed by atoms with Gasteiger partial charge in [0.2, 0.25) is 5.13 Å².